The fraction of sp³-hybridized carbons (Fsp3) is 0.467. The van der Waals surface area contributed by atoms with Crippen molar-refractivity contribution in [3.63, 3.8) is 0 Å². The molecule has 0 aliphatic rings. The van der Waals surface area contributed by atoms with Gasteiger partial charge >= 0.3 is 0 Å². The third kappa shape index (κ3) is 2.71. The van der Waals surface area contributed by atoms with E-state index in [0.717, 1.165) is 6.42 Å². The van der Waals surface area contributed by atoms with E-state index in [-0.39, 0.29) is 0 Å². The van der Waals surface area contributed by atoms with E-state index in [1.807, 2.05) is 0 Å². The van der Waals surface area contributed by atoms with Gasteiger partial charge in [-0.05, 0) is 42.4 Å². The number of benzene rings is 1. The predicted octanol–water partition coefficient (Wildman–Crippen LogP) is 4.70. The van der Waals surface area contributed by atoms with Crippen LogP contribution in [-0.2, 0) is 6.42 Å². The molecule has 0 bridgehead atoms. The Kier molecular flexibility index (Phi) is 4.61. The van der Waals surface area contributed by atoms with Gasteiger partial charge in [-0.2, -0.15) is 0 Å². The number of aryl methyl sites for hydroxylation is 1. The van der Waals surface area contributed by atoms with Gasteiger partial charge in [-0.1, -0.05) is 51.1 Å². The molecule has 0 amide bonds. The van der Waals surface area contributed by atoms with Crippen molar-refractivity contribution in [1.29, 1.82) is 0 Å². The molecule has 0 radical (unpaired) electrons. The van der Waals surface area contributed by atoms with Crippen LogP contribution in [0.1, 0.15) is 45.2 Å². The highest BCUT2D eigenvalue weighted by molar-refractivity contribution is 5.69. The highest BCUT2D eigenvalue weighted by atomic mass is 14.2. The second kappa shape index (κ2) is 5.75. The highest BCUT2D eigenvalue weighted by Crippen LogP contribution is 2.28. The Hall–Kier alpha value is -1.04. The topological polar surface area (TPSA) is 0 Å². The summed E-state index contributed by atoms with van der Waals surface area (Å²) in [5.41, 5.74) is 4.40. The van der Waals surface area contributed by atoms with Crippen LogP contribution in [0.3, 0.4) is 0 Å². The van der Waals surface area contributed by atoms with Gasteiger partial charge in [0.15, 0.2) is 0 Å². The molecule has 0 saturated heterocycles. The Balaban J connectivity index is 3.13. The van der Waals surface area contributed by atoms with Gasteiger partial charge < -0.3 is 0 Å². The SMILES string of the molecule is CC=C(c1ccccc1CC)C(C)CC. The van der Waals surface area contributed by atoms with Crippen molar-refractivity contribution in [2.45, 2.75) is 40.5 Å². The van der Waals surface area contributed by atoms with Crippen LogP contribution < -0.4 is 0 Å². The zero-order chi connectivity index (χ0) is 11.3. The first kappa shape index (κ1) is 12.0. The first-order valence-electron chi connectivity index (χ1n) is 5.99. The van der Waals surface area contributed by atoms with Gasteiger partial charge in [0.1, 0.15) is 0 Å². The lowest BCUT2D eigenvalue weighted by molar-refractivity contribution is 0.715. The third-order valence-corrected chi connectivity index (χ3v) is 3.16. The molecule has 1 rings (SSSR count). The fourth-order valence-electron chi connectivity index (χ4n) is 2.04. The first-order valence-corrected chi connectivity index (χ1v) is 5.99. The van der Waals surface area contributed by atoms with Crippen LogP contribution in [-0.4, -0.2) is 0 Å². The van der Waals surface area contributed by atoms with Crippen LogP contribution in [0.15, 0.2) is 30.3 Å². The molecule has 0 N–H and O–H groups in total. The summed E-state index contributed by atoms with van der Waals surface area (Å²) in [5, 5.41) is 0. The summed E-state index contributed by atoms with van der Waals surface area (Å²) in [4.78, 5) is 0. The molecule has 0 aliphatic heterocycles. The van der Waals surface area contributed by atoms with Gasteiger partial charge in [-0.3, -0.25) is 0 Å². The van der Waals surface area contributed by atoms with Crippen molar-refractivity contribution in [2.24, 2.45) is 5.92 Å². The Morgan fingerprint density at radius 3 is 2.47 bits per heavy atom. The largest absolute Gasteiger partial charge is 0.0836 e. The third-order valence-electron chi connectivity index (χ3n) is 3.16. The molecule has 0 aliphatic carbocycles. The molecular weight excluding hydrogens is 180 g/mol. The maximum atomic E-state index is 2.31. The maximum Gasteiger partial charge on any atom is -0.0190 e. The Morgan fingerprint density at radius 2 is 1.93 bits per heavy atom. The minimum atomic E-state index is 0.655. The van der Waals surface area contributed by atoms with E-state index in [2.05, 4.69) is 58.0 Å². The molecule has 82 valence electrons. The summed E-state index contributed by atoms with van der Waals surface area (Å²) in [6.45, 7) is 8.93. The van der Waals surface area contributed by atoms with Gasteiger partial charge in [0.05, 0.1) is 0 Å². The summed E-state index contributed by atoms with van der Waals surface area (Å²) in [5.74, 6) is 0.655. The summed E-state index contributed by atoms with van der Waals surface area (Å²) >= 11 is 0. The van der Waals surface area contributed by atoms with Crippen LogP contribution in [0.5, 0.6) is 0 Å². The lowest BCUT2D eigenvalue weighted by Gasteiger charge is -2.17. The molecule has 1 unspecified atom stereocenters. The molecule has 1 aromatic carbocycles. The lowest BCUT2D eigenvalue weighted by Crippen LogP contribution is -2.00. The van der Waals surface area contributed by atoms with Crippen LogP contribution in [0.2, 0.25) is 0 Å². The minimum Gasteiger partial charge on any atom is -0.0836 e. The molecule has 1 atom stereocenters. The van der Waals surface area contributed by atoms with Gasteiger partial charge in [0.2, 0.25) is 0 Å². The molecule has 0 aromatic heterocycles. The van der Waals surface area contributed by atoms with Crippen LogP contribution >= 0.6 is 0 Å². The quantitative estimate of drug-likeness (QED) is 0.664. The molecule has 0 fully saturated rings. The van der Waals surface area contributed by atoms with Crippen molar-refractivity contribution < 1.29 is 0 Å². The van der Waals surface area contributed by atoms with E-state index in [9.17, 15) is 0 Å². The van der Waals surface area contributed by atoms with Crippen molar-refractivity contribution >= 4 is 5.57 Å². The van der Waals surface area contributed by atoms with Crippen molar-refractivity contribution in [2.75, 3.05) is 0 Å². The van der Waals surface area contributed by atoms with E-state index in [1.54, 1.807) is 0 Å². The molecule has 0 nitrogen and oxygen atoms in total. The molecular formula is C15H22. The predicted molar refractivity (Wildman–Crippen MR) is 68.9 cm³/mol. The second-order valence-corrected chi connectivity index (χ2v) is 4.06. The van der Waals surface area contributed by atoms with Crippen LogP contribution in [0, 0.1) is 5.92 Å². The normalized spacial score (nSPS) is 14.0. The summed E-state index contributed by atoms with van der Waals surface area (Å²) in [6.07, 6.45) is 4.59. The average molecular weight is 202 g/mol. The van der Waals surface area contributed by atoms with Gasteiger partial charge in [0.25, 0.3) is 0 Å². The molecule has 0 saturated carbocycles. The zero-order valence-corrected chi connectivity index (χ0v) is 10.4. The summed E-state index contributed by atoms with van der Waals surface area (Å²) < 4.78 is 0. The monoisotopic (exact) mass is 202 g/mol. The average Bonchev–Trinajstić information content (AvgIpc) is 2.30. The molecule has 1 aromatic rings. The van der Waals surface area contributed by atoms with Crippen LogP contribution in [0.4, 0.5) is 0 Å². The summed E-state index contributed by atoms with van der Waals surface area (Å²) in [7, 11) is 0. The maximum absolute atomic E-state index is 2.31. The van der Waals surface area contributed by atoms with Crippen molar-refractivity contribution in [3.8, 4) is 0 Å². The van der Waals surface area contributed by atoms with Gasteiger partial charge in [-0.25, -0.2) is 0 Å². The Labute approximate surface area is 94.0 Å². The van der Waals surface area contributed by atoms with E-state index in [4.69, 9.17) is 0 Å². The zero-order valence-electron chi connectivity index (χ0n) is 10.4. The second-order valence-electron chi connectivity index (χ2n) is 4.06. The molecule has 0 spiro atoms. The number of hydrogen-bond donors (Lipinski definition) is 0. The van der Waals surface area contributed by atoms with E-state index < -0.39 is 0 Å². The lowest BCUT2D eigenvalue weighted by atomic mass is 9.88. The van der Waals surface area contributed by atoms with E-state index in [0.29, 0.717) is 5.92 Å². The standard InChI is InChI=1S/C15H22/c1-5-12(4)14(7-3)15-11-9-8-10-13(15)6-2/h7-12H,5-6H2,1-4H3. The number of allylic oxidation sites excluding steroid dienone is 2. The first-order chi connectivity index (χ1) is 7.24. The summed E-state index contributed by atoms with van der Waals surface area (Å²) in [6, 6.07) is 8.76. The Morgan fingerprint density at radius 1 is 1.27 bits per heavy atom. The van der Waals surface area contributed by atoms with Crippen molar-refractivity contribution in [3.05, 3.63) is 41.5 Å². The Bertz CT molecular complexity index is 334. The molecule has 0 heteroatoms. The molecule has 15 heavy (non-hydrogen) atoms. The van der Waals surface area contributed by atoms with Gasteiger partial charge in [-0.15, -0.1) is 0 Å². The number of hydrogen-bond acceptors (Lipinski definition) is 0. The van der Waals surface area contributed by atoms with E-state index >= 15 is 0 Å². The molecule has 0 heterocycles. The highest BCUT2D eigenvalue weighted by Gasteiger charge is 2.10. The minimum absolute atomic E-state index is 0.655. The smallest absolute Gasteiger partial charge is 0.0190 e. The van der Waals surface area contributed by atoms with Gasteiger partial charge in [0, 0.05) is 0 Å². The fourth-order valence-corrected chi connectivity index (χ4v) is 2.04. The van der Waals surface area contributed by atoms with Crippen LogP contribution in [0.25, 0.3) is 5.57 Å². The van der Waals surface area contributed by atoms with Crippen molar-refractivity contribution in [1.82, 2.24) is 0 Å². The van der Waals surface area contributed by atoms with E-state index in [1.165, 1.54) is 23.1 Å². The number of rotatable bonds is 4.